The Bertz CT molecular complexity index is 960. The quantitative estimate of drug-likeness (QED) is 0.746. The molecule has 2 amide bonds. The van der Waals surface area contributed by atoms with Gasteiger partial charge in [0.25, 0.3) is 5.91 Å². The molecule has 0 spiro atoms. The fourth-order valence-electron chi connectivity index (χ4n) is 3.45. The smallest absolute Gasteiger partial charge is 0.259 e. The molecule has 2 aromatic heterocycles. The molecule has 1 aliphatic heterocycles. The topological polar surface area (TPSA) is 88.6 Å². The molecule has 0 aliphatic carbocycles. The number of furan rings is 1. The van der Waals surface area contributed by atoms with E-state index in [-0.39, 0.29) is 17.7 Å². The molecule has 7 heteroatoms. The Hall–Kier alpha value is -3.35. The minimum absolute atomic E-state index is 0.0784. The molecule has 1 atom stereocenters. The standard InChI is InChI=1S/C21H21N3O4/c1-14-18(12-22-28-14)21(26)24-10-2-4-16(13-24)20(25)23-17-8-6-15(7-9-17)19-5-3-11-27-19/h3,5-9,11-12,16H,2,4,10,13H2,1H3,(H,23,25)/t16-/m1/s1. The fraction of sp³-hybridized carbons (Fsp3) is 0.286. The van der Waals surface area contributed by atoms with Crippen LogP contribution in [0.15, 0.2) is 57.8 Å². The lowest BCUT2D eigenvalue weighted by Crippen LogP contribution is -2.43. The van der Waals surface area contributed by atoms with Gasteiger partial charge in [-0.05, 0) is 56.2 Å². The first-order valence-corrected chi connectivity index (χ1v) is 9.27. The van der Waals surface area contributed by atoms with E-state index < -0.39 is 0 Å². The number of nitrogens with one attached hydrogen (secondary N) is 1. The van der Waals surface area contributed by atoms with Crippen molar-refractivity contribution < 1.29 is 18.5 Å². The summed E-state index contributed by atoms with van der Waals surface area (Å²) in [6.07, 6.45) is 4.60. The monoisotopic (exact) mass is 379 g/mol. The SMILES string of the molecule is Cc1oncc1C(=O)N1CCC[C@@H](C(=O)Nc2ccc(-c3ccco3)cc2)C1. The lowest BCUT2D eigenvalue weighted by Gasteiger charge is -2.31. The molecule has 4 rings (SSSR count). The van der Waals surface area contributed by atoms with Crippen molar-refractivity contribution in [2.24, 2.45) is 5.92 Å². The van der Waals surface area contributed by atoms with Gasteiger partial charge in [0.1, 0.15) is 17.1 Å². The highest BCUT2D eigenvalue weighted by atomic mass is 16.5. The van der Waals surface area contributed by atoms with Crippen LogP contribution in [-0.2, 0) is 4.79 Å². The van der Waals surface area contributed by atoms with Crippen molar-refractivity contribution in [2.75, 3.05) is 18.4 Å². The van der Waals surface area contributed by atoms with Gasteiger partial charge in [0.05, 0.1) is 18.4 Å². The van der Waals surface area contributed by atoms with Gasteiger partial charge < -0.3 is 19.2 Å². The number of hydrogen-bond donors (Lipinski definition) is 1. The molecule has 28 heavy (non-hydrogen) atoms. The second kappa shape index (κ2) is 7.72. The van der Waals surface area contributed by atoms with Gasteiger partial charge in [0.2, 0.25) is 5.91 Å². The molecule has 1 aliphatic rings. The van der Waals surface area contributed by atoms with Crippen LogP contribution in [0.1, 0.15) is 29.0 Å². The summed E-state index contributed by atoms with van der Waals surface area (Å²) in [5.41, 5.74) is 2.12. The highest BCUT2D eigenvalue weighted by molar-refractivity contribution is 5.96. The third-order valence-electron chi connectivity index (χ3n) is 5.02. The summed E-state index contributed by atoms with van der Waals surface area (Å²) in [5.74, 6) is 0.809. The minimum atomic E-state index is -0.248. The highest BCUT2D eigenvalue weighted by Crippen LogP contribution is 2.24. The molecule has 3 aromatic rings. The Balaban J connectivity index is 1.39. The second-order valence-electron chi connectivity index (χ2n) is 6.93. The van der Waals surface area contributed by atoms with E-state index in [0.29, 0.717) is 24.4 Å². The normalized spacial score (nSPS) is 16.8. The van der Waals surface area contributed by atoms with Gasteiger partial charge in [-0.2, -0.15) is 0 Å². The Kier molecular flexibility index (Phi) is 4.97. The van der Waals surface area contributed by atoms with Crippen molar-refractivity contribution in [1.29, 1.82) is 0 Å². The summed E-state index contributed by atoms with van der Waals surface area (Å²) in [5, 5.41) is 6.62. The summed E-state index contributed by atoms with van der Waals surface area (Å²) >= 11 is 0. The molecule has 0 saturated carbocycles. The number of benzene rings is 1. The Morgan fingerprint density at radius 1 is 1.21 bits per heavy atom. The number of anilines is 1. The van der Waals surface area contributed by atoms with Crippen LogP contribution in [0.5, 0.6) is 0 Å². The number of likely N-dealkylation sites (tertiary alicyclic amines) is 1. The van der Waals surface area contributed by atoms with E-state index >= 15 is 0 Å². The number of rotatable bonds is 4. The largest absolute Gasteiger partial charge is 0.464 e. The van der Waals surface area contributed by atoms with Crippen molar-refractivity contribution in [2.45, 2.75) is 19.8 Å². The van der Waals surface area contributed by atoms with Crippen LogP contribution in [0.25, 0.3) is 11.3 Å². The van der Waals surface area contributed by atoms with Crippen LogP contribution in [0.2, 0.25) is 0 Å². The van der Waals surface area contributed by atoms with Gasteiger partial charge in [0.15, 0.2) is 0 Å². The molecule has 0 bridgehead atoms. The number of carbonyl (C=O) groups excluding carboxylic acids is 2. The van der Waals surface area contributed by atoms with E-state index in [1.165, 1.54) is 6.20 Å². The van der Waals surface area contributed by atoms with Gasteiger partial charge in [-0.15, -0.1) is 0 Å². The number of hydrogen-bond acceptors (Lipinski definition) is 5. The molecule has 1 saturated heterocycles. The van der Waals surface area contributed by atoms with Crippen molar-refractivity contribution in [1.82, 2.24) is 10.1 Å². The van der Waals surface area contributed by atoms with E-state index in [2.05, 4.69) is 10.5 Å². The minimum Gasteiger partial charge on any atom is -0.464 e. The second-order valence-corrected chi connectivity index (χ2v) is 6.93. The van der Waals surface area contributed by atoms with Crippen molar-refractivity contribution in [3.63, 3.8) is 0 Å². The summed E-state index contributed by atoms with van der Waals surface area (Å²) in [4.78, 5) is 27.0. The maximum atomic E-state index is 12.7. The van der Waals surface area contributed by atoms with Crippen molar-refractivity contribution >= 4 is 17.5 Å². The predicted octanol–water partition coefficient (Wildman–Crippen LogP) is 3.73. The zero-order valence-electron chi connectivity index (χ0n) is 15.6. The Morgan fingerprint density at radius 2 is 2.04 bits per heavy atom. The Morgan fingerprint density at radius 3 is 2.71 bits per heavy atom. The highest BCUT2D eigenvalue weighted by Gasteiger charge is 2.30. The van der Waals surface area contributed by atoms with Crippen LogP contribution in [-0.4, -0.2) is 35.0 Å². The molecule has 144 valence electrons. The van der Waals surface area contributed by atoms with E-state index in [1.54, 1.807) is 18.1 Å². The molecule has 1 aromatic carbocycles. The fourth-order valence-corrected chi connectivity index (χ4v) is 3.45. The Labute approximate surface area is 162 Å². The van der Waals surface area contributed by atoms with Gasteiger partial charge in [-0.1, -0.05) is 5.16 Å². The van der Waals surface area contributed by atoms with Gasteiger partial charge in [-0.25, -0.2) is 0 Å². The van der Waals surface area contributed by atoms with Crippen LogP contribution in [0.3, 0.4) is 0 Å². The van der Waals surface area contributed by atoms with Crippen molar-refractivity contribution in [3.05, 3.63) is 60.2 Å². The van der Waals surface area contributed by atoms with Crippen LogP contribution in [0.4, 0.5) is 5.69 Å². The zero-order valence-corrected chi connectivity index (χ0v) is 15.6. The van der Waals surface area contributed by atoms with Crippen LogP contribution >= 0.6 is 0 Å². The van der Waals surface area contributed by atoms with Crippen LogP contribution < -0.4 is 5.32 Å². The number of piperidine rings is 1. The zero-order chi connectivity index (χ0) is 19.5. The molecule has 3 heterocycles. The van der Waals surface area contributed by atoms with E-state index in [4.69, 9.17) is 8.94 Å². The molecule has 7 nitrogen and oxygen atoms in total. The van der Waals surface area contributed by atoms with Gasteiger partial charge >= 0.3 is 0 Å². The van der Waals surface area contributed by atoms with E-state index in [0.717, 1.165) is 29.9 Å². The third-order valence-corrected chi connectivity index (χ3v) is 5.02. The molecule has 0 unspecified atom stereocenters. The molecule has 1 N–H and O–H groups in total. The lowest BCUT2D eigenvalue weighted by molar-refractivity contribution is -0.121. The predicted molar refractivity (Wildman–Crippen MR) is 103 cm³/mol. The lowest BCUT2D eigenvalue weighted by atomic mass is 9.96. The first-order valence-electron chi connectivity index (χ1n) is 9.27. The van der Waals surface area contributed by atoms with Gasteiger partial charge in [-0.3, -0.25) is 9.59 Å². The molecular weight excluding hydrogens is 358 g/mol. The summed E-state index contributed by atoms with van der Waals surface area (Å²) < 4.78 is 10.4. The number of amides is 2. The first-order chi connectivity index (χ1) is 13.6. The number of aryl methyl sites for hydroxylation is 1. The van der Waals surface area contributed by atoms with E-state index in [9.17, 15) is 9.59 Å². The van der Waals surface area contributed by atoms with Crippen LogP contribution in [0, 0.1) is 12.8 Å². The summed E-state index contributed by atoms with van der Waals surface area (Å²) in [6.45, 7) is 2.73. The average Bonchev–Trinajstić information content (AvgIpc) is 3.40. The molecule has 1 fully saturated rings. The third kappa shape index (κ3) is 3.69. The maximum Gasteiger partial charge on any atom is 0.259 e. The van der Waals surface area contributed by atoms with Crippen molar-refractivity contribution in [3.8, 4) is 11.3 Å². The first kappa shape index (κ1) is 18.0. The molecule has 0 radical (unpaired) electrons. The number of carbonyl (C=O) groups is 2. The van der Waals surface area contributed by atoms with Gasteiger partial charge in [0, 0.05) is 24.3 Å². The average molecular weight is 379 g/mol. The number of nitrogens with zero attached hydrogens (tertiary/aromatic N) is 2. The number of aromatic nitrogens is 1. The molecular formula is C21H21N3O4. The maximum absolute atomic E-state index is 12.7. The van der Waals surface area contributed by atoms with E-state index in [1.807, 2.05) is 36.4 Å². The summed E-state index contributed by atoms with van der Waals surface area (Å²) in [7, 11) is 0. The summed E-state index contributed by atoms with van der Waals surface area (Å²) in [6, 6.07) is 11.2.